The molecule has 108 valence electrons. The van der Waals surface area contributed by atoms with Crippen LogP contribution in [-0.2, 0) is 20.0 Å². The van der Waals surface area contributed by atoms with E-state index in [0.29, 0.717) is 6.04 Å². The van der Waals surface area contributed by atoms with Crippen LogP contribution in [0.2, 0.25) is 0 Å². The van der Waals surface area contributed by atoms with Gasteiger partial charge in [0.15, 0.2) is 0 Å². The molecule has 1 aromatic heterocycles. The van der Waals surface area contributed by atoms with Gasteiger partial charge in [-0.05, 0) is 51.8 Å². The lowest BCUT2D eigenvalue weighted by Crippen LogP contribution is -2.43. The minimum atomic E-state index is 0.612. The SMILES string of the molecule is CCc1cc(CN2CCCC(C(C)NC)C2)n(C)n1. The third-order valence-electron chi connectivity index (χ3n) is 4.48. The van der Waals surface area contributed by atoms with Crippen molar-refractivity contribution in [3.63, 3.8) is 0 Å². The van der Waals surface area contributed by atoms with E-state index in [4.69, 9.17) is 0 Å². The second-order valence-corrected chi connectivity index (χ2v) is 5.82. The van der Waals surface area contributed by atoms with Gasteiger partial charge in [0.05, 0.1) is 11.4 Å². The number of aryl methyl sites for hydroxylation is 2. The first-order valence-corrected chi connectivity index (χ1v) is 7.55. The van der Waals surface area contributed by atoms with Gasteiger partial charge in [0.25, 0.3) is 0 Å². The summed E-state index contributed by atoms with van der Waals surface area (Å²) in [5.41, 5.74) is 2.55. The van der Waals surface area contributed by atoms with Gasteiger partial charge in [-0.15, -0.1) is 0 Å². The largest absolute Gasteiger partial charge is 0.317 e. The highest BCUT2D eigenvalue weighted by atomic mass is 15.3. The van der Waals surface area contributed by atoms with Crippen molar-refractivity contribution >= 4 is 0 Å². The summed E-state index contributed by atoms with van der Waals surface area (Å²) in [6.07, 6.45) is 3.69. The first kappa shape index (κ1) is 14.5. The van der Waals surface area contributed by atoms with Gasteiger partial charge in [-0.2, -0.15) is 5.10 Å². The Morgan fingerprint density at radius 1 is 1.53 bits per heavy atom. The van der Waals surface area contributed by atoms with Crippen LogP contribution in [0.4, 0.5) is 0 Å². The Labute approximate surface area is 117 Å². The second kappa shape index (κ2) is 6.53. The molecule has 19 heavy (non-hydrogen) atoms. The molecule has 0 saturated carbocycles. The Morgan fingerprint density at radius 2 is 2.32 bits per heavy atom. The lowest BCUT2D eigenvalue weighted by molar-refractivity contribution is 0.144. The molecule has 4 heteroatoms. The molecule has 2 heterocycles. The third kappa shape index (κ3) is 3.57. The molecular formula is C15H28N4. The zero-order chi connectivity index (χ0) is 13.8. The van der Waals surface area contributed by atoms with Crippen LogP contribution >= 0.6 is 0 Å². The van der Waals surface area contributed by atoms with Crippen LogP contribution in [0, 0.1) is 5.92 Å². The van der Waals surface area contributed by atoms with Gasteiger partial charge in [-0.25, -0.2) is 0 Å². The van der Waals surface area contributed by atoms with Gasteiger partial charge in [0.1, 0.15) is 0 Å². The van der Waals surface area contributed by atoms with Crippen molar-refractivity contribution in [3.8, 4) is 0 Å². The fraction of sp³-hybridized carbons (Fsp3) is 0.800. The summed E-state index contributed by atoms with van der Waals surface area (Å²) in [5.74, 6) is 0.776. The number of aromatic nitrogens is 2. The molecule has 1 saturated heterocycles. The number of likely N-dealkylation sites (tertiary alicyclic amines) is 1. The molecule has 0 radical (unpaired) electrons. The molecule has 1 aromatic rings. The summed E-state index contributed by atoms with van der Waals surface area (Å²) in [6, 6.07) is 2.87. The summed E-state index contributed by atoms with van der Waals surface area (Å²) >= 11 is 0. The normalized spacial score (nSPS) is 22.6. The number of nitrogens with zero attached hydrogens (tertiary/aromatic N) is 3. The zero-order valence-corrected chi connectivity index (χ0v) is 12.8. The van der Waals surface area contributed by atoms with Crippen molar-refractivity contribution in [3.05, 3.63) is 17.5 Å². The number of rotatable bonds is 5. The Hall–Kier alpha value is -0.870. The van der Waals surface area contributed by atoms with Gasteiger partial charge < -0.3 is 5.32 Å². The first-order valence-electron chi connectivity index (χ1n) is 7.55. The van der Waals surface area contributed by atoms with E-state index < -0.39 is 0 Å². The highest BCUT2D eigenvalue weighted by Gasteiger charge is 2.24. The zero-order valence-electron chi connectivity index (χ0n) is 12.8. The second-order valence-electron chi connectivity index (χ2n) is 5.82. The summed E-state index contributed by atoms with van der Waals surface area (Å²) in [6.45, 7) is 7.93. The quantitative estimate of drug-likeness (QED) is 0.880. The fourth-order valence-corrected chi connectivity index (χ4v) is 3.00. The minimum absolute atomic E-state index is 0.612. The third-order valence-corrected chi connectivity index (χ3v) is 4.48. The maximum Gasteiger partial charge on any atom is 0.0625 e. The van der Waals surface area contributed by atoms with Gasteiger partial charge in [-0.1, -0.05) is 6.92 Å². The number of nitrogens with one attached hydrogen (secondary N) is 1. The molecule has 1 N–H and O–H groups in total. The van der Waals surface area contributed by atoms with Gasteiger partial charge in [0, 0.05) is 26.2 Å². The van der Waals surface area contributed by atoms with Crippen molar-refractivity contribution < 1.29 is 0 Å². The van der Waals surface area contributed by atoms with E-state index in [1.54, 1.807) is 0 Å². The monoisotopic (exact) mass is 264 g/mol. The van der Waals surface area contributed by atoms with E-state index >= 15 is 0 Å². The predicted octanol–water partition coefficient (Wildman–Crippen LogP) is 1.80. The number of hydrogen-bond donors (Lipinski definition) is 1. The Bertz CT molecular complexity index is 399. The highest BCUT2D eigenvalue weighted by Crippen LogP contribution is 2.21. The predicted molar refractivity (Wildman–Crippen MR) is 79.1 cm³/mol. The summed E-state index contributed by atoms with van der Waals surface area (Å²) < 4.78 is 2.05. The summed E-state index contributed by atoms with van der Waals surface area (Å²) in [7, 11) is 4.13. The van der Waals surface area contributed by atoms with Crippen LogP contribution in [0.15, 0.2) is 6.07 Å². The topological polar surface area (TPSA) is 33.1 Å². The molecule has 0 aliphatic carbocycles. The summed E-state index contributed by atoms with van der Waals surface area (Å²) in [4.78, 5) is 2.58. The van der Waals surface area contributed by atoms with Gasteiger partial charge >= 0.3 is 0 Å². The molecule has 0 aromatic carbocycles. The number of hydrogen-bond acceptors (Lipinski definition) is 3. The van der Waals surface area contributed by atoms with Crippen molar-refractivity contribution in [2.24, 2.45) is 13.0 Å². The molecule has 1 aliphatic heterocycles. The standard InChI is InChI=1S/C15H28N4/c1-5-14-9-15(18(4)17-14)11-19-8-6-7-13(10-19)12(2)16-3/h9,12-13,16H,5-8,10-11H2,1-4H3. The molecular weight excluding hydrogens is 236 g/mol. The number of piperidine rings is 1. The Morgan fingerprint density at radius 3 is 2.95 bits per heavy atom. The lowest BCUT2D eigenvalue weighted by atomic mass is 9.91. The van der Waals surface area contributed by atoms with Crippen LogP contribution in [0.3, 0.4) is 0 Å². The maximum absolute atomic E-state index is 4.54. The smallest absolute Gasteiger partial charge is 0.0625 e. The maximum atomic E-state index is 4.54. The van der Waals surface area contributed by atoms with E-state index in [1.165, 1.54) is 37.3 Å². The Kier molecular flexibility index (Phi) is 4.99. The molecule has 2 unspecified atom stereocenters. The molecule has 0 bridgehead atoms. The van der Waals surface area contributed by atoms with E-state index in [2.05, 4.69) is 49.3 Å². The average molecular weight is 264 g/mol. The molecule has 0 amide bonds. The van der Waals surface area contributed by atoms with E-state index in [1.807, 2.05) is 4.68 Å². The average Bonchev–Trinajstić information content (AvgIpc) is 2.79. The highest BCUT2D eigenvalue weighted by molar-refractivity contribution is 5.10. The van der Waals surface area contributed by atoms with E-state index in [0.717, 1.165) is 18.9 Å². The van der Waals surface area contributed by atoms with Crippen LogP contribution in [0.1, 0.15) is 38.1 Å². The van der Waals surface area contributed by atoms with E-state index in [9.17, 15) is 0 Å². The fourth-order valence-electron chi connectivity index (χ4n) is 3.00. The van der Waals surface area contributed by atoms with Crippen molar-refractivity contribution in [2.75, 3.05) is 20.1 Å². The molecule has 2 atom stereocenters. The molecule has 0 spiro atoms. The van der Waals surface area contributed by atoms with E-state index in [-0.39, 0.29) is 0 Å². The van der Waals surface area contributed by atoms with Crippen molar-refractivity contribution in [2.45, 2.75) is 45.7 Å². The van der Waals surface area contributed by atoms with Crippen LogP contribution in [-0.4, -0.2) is 40.9 Å². The Balaban J connectivity index is 1.96. The van der Waals surface area contributed by atoms with Crippen molar-refractivity contribution in [1.82, 2.24) is 20.0 Å². The lowest BCUT2D eigenvalue weighted by Gasteiger charge is -2.35. The minimum Gasteiger partial charge on any atom is -0.317 e. The molecule has 2 rings (SSSR count). The van der Waals surface area contributed by atoms with Crippen LogP contribution in [0.25, 0.3) is 0 Å². The van der Waals surface area contributed by atoms with Crippen molar-refractivity contribution in [1.29, 1.82) is 0 Å². The first-order chi connectivity index (χ1) is 9.13. The van der Waals surface area contributed by atoms with Gasteiger partial charge in [-0.3, -0.25) is 9.58 Å². The molecule has 1 aliphatic rings. The summed E-state index contributed by atoms with van der Waals surface area (Å²) in [5, 5.41) is 7.94. The van der Waals surface area contributed by atoms with Gasteiger partial charge in [0.2, 0.25) is 0 Å². The van der Waals surface area contributed by atoms with Crippen LogP contribution in [0.5, 0.6) is 0 Å². The van der Waals surface area contributed by atoms with Crippen LogP contribution < -0.4 is 5.32 Å². The molecule has 1 fully saturated rings. The molecule has 4 nitrogen and oxygen atoms in total.